The van der Waals surface area contributed by atoms with Gasteiger partial charge in [-0.15, -0.1) is 4.40 Å². The molecule has 0 amide bonds. The number of aromatic nitrogens is 1. The lowest BCUT2D eigenvalue weighted by atomic mass is 10.1. The minimum absolute atomic E-state index is 0.0247. The fraction of sp³-hybridized carbons (Fsp3) is 0.143. The molecule has 2 heterocycles. The highest BCUT2D eigenvalue weighted by atomic mass is 32.2. The zero-order valence-electron chi connectivity index (χ0n) is 15.9. The van der Waals surface area contributed by atoms with E-state index in [1.54, 1.807) is 32.0 Å². The number of nitrogens with zero attached hydrogens (tertiary/aromatic N) is 2. The van der Waals surface area contributed by atoms with E-state index >= 15 is 0 Å². The molecule has 0 spiro atoms. The summed E-state index contributed by atoms with van der Waals surface area (Å²) in [5.74, 6) is -0.464. The lowest BCUT2D eigenvalue weighted by Gasteiger charge is -2.21. The van der Waals surface area contributed by atoms with Crippen LogP contribution < -0.4 is 10.9 Å². The maximum atomic E-state index is 13.3. The third-order valence-corrected chi connectivity index (χ3v) is 6.38. The van der Waals surface area contributed by atoms with Gasteiger partial charge >= 0.3 is 0 Å². The Labute approximate surface area is 168 Å². The molecular weight excluding hydrogens is 390 g/mol. The molecule has 0 bridgehead atoms. The van der Waals surface area contributed by atoms with Gasteiger partial charge in [0.2, 0.25) is 0 Å². The summed E-state index contributed by atoms with van der Waals surface area (Å²) < 4.78 is 30.5. The topological polar surface area (TPSA) is 101 Å². The first-order valence-electron chi connectivity index (χ1n) is 8.98. The summed E-state index contributed by atoms with van der Waals surface area (Å²) in [6, 6.07) is 15.7. The number of aromatic hydroxyl groups is 1. The van der Waals surface area contributed by atoms with E-state index in [1.807, 2.05) is 30.3 Å². The van der Waals surface area contributed by atoms with E-state index in [1.165, 1.54) is 10.6 Å². The molecule has 7 nitrogen and oxygen atoms in total. The number of nitrogens with one attached hydrogen (secondary N) is 1. The maximum absolute atomic E-state index is 13.3. The fourth-order valence-electron chi connectivity index (χ4n) is 3.34. The third-order valence-electron chi connectivity index (χ3n) is 5.05. The van der Waals surface area contributed by atoms with Gasteiger partial charge in [0.05, 0.1) is 12.2 Å². The van der Waals surface area contributed by atoms with Gasteiger partial charge in [0, 0.05) is 11.3 Å². The van der Waals surface area contributed by atoms with Crippen LogP contribution in [0.5, 0.6) is 5.75 Å². The smallest absolute Gasteiger partial charge is 0.286 e. The number of hydrogen-bond acceptors (Lipinski definition) is 5. The summed E-state index contributed by atoms with van der Waals surface area (Å²) in [7, 11) is -4.00. The predicted octanol–water partition coefficient (Wildman–Crippen LogP) is 2.78. The molecule has 8 heteroatoms. The van der Waals surface area contributed by atoms with Crippen molar-refractivity contribution in [1.29, 1.82) is 0 Å². The van der Waals surface area contributed by atoms with Crippen LogP contribution in [-0.2, 0) is 16.6 Å². The van der Waals surface area contributed by atoms with Crippen molar-refractivity contribution in [1.82, 2.24) is 4.57 Å². The van der Waals surface area contributed by atoms with Crippen LogP contribution in [0.4, 0.5) is 5.69 Å². The Morgan fingerprint density at radius 1 is 1.03 bits per heavy atom. The molecular formula is C21H19N3O4S. The monoisotopic (exact) mass is 409 g/mol. The van der Waals surface area contributed by atoms with E-state index in [0.29, 0.717) is 16.9 Å². The molecule has 2 N–H and O–H groups in total. The summed E-state index contributed by atoms with van der Waals surface area (Å²) >= 11 is 0. The van der Waals surface area contributed by atoms with Crippen molar-refractivity contribution in [3.8, 4) is 5.75 Å². The zero-order valence-corrected chi connectivity index (χ0v) is 16.7. The van der Waals surface area contributed by atoms with Crippen molar-refractivity contribution in [2.45, 2.75) is 25.3 Å². The van der Waals surface area contributed by atoms with Crippen LogP contribution in [0.2, 0.25) is 0 Å². The van der Waals surface area contributed by atoms with Crippen molar-refractivity contribution >= 4 is 21.5 Å². The average molecular weight is 409 g/mol. The highest BCUT2D eigenvalue weighted by Gasteiger charge is 2.29. The van der Waals surface area contributed by atoms with Crippen LogP contribution in [0.15, 0.2) is 68.7 Å². The molecule has 0 saturated carbocycles. The van der Waals surface area contributed by atoms with Gasteiger partial charge < -0.3 is 15.0 Å². The number of benzene rings is 2. The number of amidine groups is 1. The molecule has 29 heavy (non-hydrogen) atoms. The number of rotatable bonds is 3. The Balaban J connectivity index is 1.92. The molecule has 148 valence electrons. The van der Waals surface area contributed by atoms with Gasteiger partial charge in [-0.05, 0) is 31.5 Å². The number of para-hydroxylation sites is 1. The van der Waals surface area contributed by atoms with Crippen LogP contribution in [-0.4, -0.2) is 23.9 Å². The molecule has 1 aliphatic rings. The molecule has 0 aliphatic carbocycles. The number of hydrogen-bond donors (Lipinski definition) is 2. The van der Waals surface area contributed by atoms with Crippen LogP contribution in [0, 0.1) is 13.8 Å². The van der Waals surface area contributed by atoms with Crippen molar-refractivity contribution in [3.63, 3.8) is 0 Å². The van der Waals surface area contributed by atoms with Gasteiger partial charge in [-0.25, -0.2) is 0 Å². The largest absolute Gasteiger partial charge is 0.507 e. The Morgan fingerprint density at radius 2 is 1.69 bits per heavy atom. The van der Waals surface area contributed by atoms with Gasteiger partial charge in [-0.1, -0.05) is 42.5 Å². The van der Waals surface area contributed by atoms with Gasteiger partial charge in [-0.3, -0.25) is 4.79 Å². The number of fused-ring (bicyclic) bond motifs is 1. The fourth-order valence-corrected chi connectivity index (χ4v) is 4.47. The van der Waals surface area contributed by atoms with Crippen LogP contribution >= 0.6 is 0 Å². The van der Waals surface area contributed by atoms with Crippen molar-refractivity contribution in [2.24, 2.45) is 4.40 Å². The minimum Gasteiger partial charge on any atom is -0.507 e. The number of sulfonamides is 1. The highest BCUT2D eigenvalue weighted by molar-refractivity contribution is 7.90. The second-order valence-electron chi connectivity index (χ2n) is 6.85. The molecule has 1 aromatic heterocycles. The maximum Gasteiger partial charge on any atom is 0.286 e. The second kappa shape index (κ2) is 6.89. The standard InChI is InChI=1S/C21H19N3O4S/c1-13-14(2)24(12-15-8-4-3-5-9-15)21(26)18(19(13)25)20-22-16-10-6-7-11-17(16)29(27,28)23-20/h3-11,25H,12H2,1-2H3,(H,22,23). The second-order valence-corrected chi connectivity index (χ2v) is 8.42. The Kier molecular flexibility index (Phi) is 4.50. The van der Waals surface area contributed by atoms with Gasteiger partial charge in [-0.2, -0.15) is 8.42 Å². The summed E-state index contributed by atoms with van der Waals surface area (Å²) in [5.41, 5.74) is 1.61. The zero-order chi connectivity index (χ0) is 20.8. The van der Waals surface area contributed by atoms with E-state index in [0.717, 1.165) is 5.56 Å². The van der Waals surface area contributed by atoms with Gasteiger partial charge in [0.15, 0.2) is 5.84 Å². The Bertz CT molecular complexity index is 1310. The summed E-state index contributed by atoms with van der Waals surface area (Å²) in [6.07, 6.45) is 0. The van der Waals surface area contributed by atoms with Gasteiger partial charge in [0.25, 0.3) is 15.6 Å². The SMILES string of the molecule is Cc1c(O)c(C2=NS(=O)(=O)c3ccccc3N2)c(=O)n(Cc2ccccc2)c1C. The van der Waals surface area contributed by atoms with E-state index in [2.05, 4.69) is 9.71 Å². The first-order valence-corrected chi connectivity index (χ1v) is 10.4. The predicted molar refractivity (Wildman–Crippen MR) is 111 cm³/mol. The van der Waals surface area contributed by atoms with E-state index in [-0.39, 0.29) is 28.6 Å². The lowest BCUT2D eigenvalue weighted by Crippen LogP contribution is -2.34. The molecule has 0 unspecified atom stereocenters. The molecule has 2 aromatic carbocycles. The molecule has 1 aliphatic heterocycles. The third kappa shape index (κ3) is 3.21. The number of pyridine rings is 1. The van der Waals surface area contributed by atoms with Crippen LogP contribution in [0.25, 0.3) is 0 Å². The minimum atomic E-state index is -4.00. The lowest BCUT2D eigenvalue weighted by molar-refractivity contribution is 0.463. The van der Waals surface area contributed by atoms with Crippen LogP contribution in [0.1, 0.15) is 22.4 Å². The highest BCUT2D eigenvalue weighted by Crippen LogP contribution is 2.30. The quantitative estimate of drug-likeness (QED) is 0.693. The Morgan fingerprint density at radius 3 is 2.41 bits per heavy atom. The van der Waals surface area contributed by atoms with Crippen LogP contribution in [0.3, 0.4) is 0 Å². The van der Waals surface area contributed by atoms with E-state index in [4.69, 9.17) is 0 Å². The van der Waals surface area contributed by atoms with Gasteiger partial charge in [0.1, 0.15) is 16.2 Å². The normalized spacial score (nSPS) is 14.6. The molecule has 3 aromatic rings. The summed E-state index contributed by atoms with van der Waals surface area (Å²) in [4.78, 5) is 13.3. The summed E-state index contributed by atoms with van der Waals surface area (Å²) in [5, 5.41) is 13.6. The molecule has 0 saturated heterocycles. The summed E-state index contributed by atoms with van der Waals surface area (Å²) in [6.45, 7) is 3.71. The van der Waals surface area contributed by atoms with E-state index in [9.17, 15) is 18.3 Å². The van der Waals surface area contributed by atoms with Crippen molar-refractivity contribution in [3.05, 3.63) is 87.3 Å². The molecule has 0 radical (unpaired) electrons. The first-order chi connectivity index (χ1) is 13.8. The van der Waals surface area contributed by atoms with Crippen molar-refractivity contribution in [2.75, 3.05) is 5.32 Å². The molecule has 4 rings (SSSR count). The number of anilines is 1. The Hall–Kier alpha value is -3.39. The van der Waals surface area contributed by atoms with Crippen molar-refractivity contribution < 1.29 is 13.5 Å². The first kappa shape index (κ1) is 18.9. The molecule has 0 fully saturated rings. The average Bonchev–Trinajstić information content (AvgIpc) is 2.70. The molecule has 0 atom stereocenters. The van der Waals surface area contributed by atoms with E-state index < -0.39 is 15.6 Å².